The van der Waals surface area contributed by atoms with E-state index in [2.05, 4.69) is 20.2 Å². The highest BCUT2D eigenvalue weighted by molar-refractivity contribution is 7.92. The van der Waals surface area contributed by atoms with Crippen LogP contribution in [-0.4, -0.2) is 24.4 Å². The quantitative estimate of drug-likeness (QED) is 0.772. The van der Waals surface area contributed by atoms with Crippen LogP contribution >= 0.6 is 11.6 Å². The maximum absolute atomic E-state index is 12.7. The van der Waals surface area contributed by atoms with Gasteiger partial charge in [-0.05, 0) is 36.8 Å². The van der Waals surface area contributed by atoms with Crippen LogP contribution in [-0.2, 0) is 16.2 Å². The van der Waals surface area contributed by atoms with Gasteiger partial charge in [0.15, 0.2) is 11.6 Å². The highest BCUT2D eigenvalue weighted by Gasteiger charge is 2.31. The number of nitrogens with zero attached hydrogens (tertiary/aromatic N) is 2. The third-order valence-corrected chi connectivity index (χ3v) is 4.75. The number of nitrogens with one attached hydrogen (secondary N) is 2. The fourth-order valence-electron chi connectivity index (χ4n) is 1.87. The van der Waals surface area contributed by atoms with E-state index in [9.17, 15) is 21.6 Å². The van der Waals surface area contributed by atoms with E-state index in [0.29, 0.717) is 6.42 Å². The van der Waals surface area contributed by atoms with Gasteiger partial charge in [0.25, 0.3) is 0 Å². The molecule has 2 aromatic rings. The van der Waals surface area contributed by atoms with E-state index >= 15 is 0 Å². The van der Waals surface area contributed by atoms with Crippen molar-refractivity contribution >= 4 is 38.9 Å². The number of hydrogen-bond acceptors (Lipinski definition) is 5. The van der Waals surface area contributed by atoms with Crippen molar-refractivity contribution in [3.63, 3.8) is 0 Å². The molecule has 0 aliphatic rings. The van der Waals surface area contributed by atoms with E-state index in [-0.39, 0.29) is 28.1 Å². The second-order valence-corrected chi connectivity index (χ2v) is 7.29. The van der Waals surface area contributed by atoms with E-state index in [0.717, 1.165) is 18.2 Å². The summed E-state index contributed by atoms with van der Waals surface area (Å²) < 4.78 is 63.8. The first-order valence-corrected chi connectivity index (χ1v) is 9.12. The molecule has 0 saturated carbocycles. The van der Waals surface area contributed by atoms with Crippen LogP contribution in [0.4, 0.5) is 30.5 Å². The fraction of sp³-hybridized carbons (Fsp3) is 0.286. The molecule has 0 spiro atoms. The van der Waals surface area contributed by atoms with Gasteiger partial charge in [0.1, 0.15) is 0 Å². The molecule has 0 bridgehead atoms. The average molecular weight is 395 g/mol. The lowest BCUT2D eigenvalue weighted by molar-refractivity contribution is -0.137. The predicted molar refractivity (Wildman–Crippen MR) is 89.5 cm³/mol. The van der Waals surface area contributed by atoms with E-state index in [4.69, 9.17) is 11.6 Å². The summed E-state index contributed by atoms with van der Waals surface area (Å²) in [5, 5.41) is 10.1. The molecule has 0 fully saturated rings. The van der Waals surface area contributed by atoms with Gasteiger partial charge in [-0.2, -0.15) is 13.2 Å². The summed E-state index contributed by atoms with van der Waals surface area (Å²) in [5.74, 6) is 0.0583. The largest absolute Gasteiger partial charge is 0.416 e. The zero-order chi connectivity index (χ0) is 18.7. The first-order valence-electron chi connectivity index (χ1n) is 7.09. The number of rotatable bonds is 6. The Bertz CT molecular complexity index is 842. The van der Waals surface area contributed by atoms with E-state index in [1.165, 1.54) is 12.1 Å². The molecule has 0 aliphatic carbocycles. The number of sulfonamides is 1. The van der Waals surface area contributed by atoms with E-state index in [1.54, 1.807) is 6.92 Å². The summed E-state index contributed by atoms with van der Waals surface area (Å²) in [6, 6.07) is 5.54. The Kier molecular flexibility index (Phi) is 5.73. The van der Waals surface area contributed by atoms with Crippen LogP contribution in [0.2, 0.25) is 5.02 Å². The van der Waals surface area contributed by atoms with Crippen molar-refractivity contribution in [2.45, 2.75) is 19.5 Å². The molecule has 136 valence electrons. The van der Waals surface area contributed by atoms with E-state index in [1.807, 2.05) is 0 Å². The summed E-state index contributed by atoms with van der Waals surface area (Å²) in [6.45, 7) is 1.72. The second kappa shape index (κ2) is 7.44. The number of hydrogen-bond donors (Lipinski definition) is 2. The topological polar surface area (TPSA) is 84.0 Å². The van der Waals surface area contributed by atoms with Crippen molar-refractivity contribution in [2.75, 3.05) is 15.8 Å². The third kappa shape index (κ3) is 5.46. The lowest BCUT2D eigenvalue weighted by Crippen LogP contribution is -2.17. The summed E-state index contributed by atoms with van der Waals surface area (Å²) >= 11 is 5.88. The predicted octanol–water partition coefficient (Wildman–Crippen LogP) is 4.04. The van der Waals surface area contributed by atoms with Crippen molar-refractivity contribution in [1.29, 1.82) is 0 Å². The number of anilines is 3. The van der Waals surface area contributed by atoms with Gasteiger partial charge in [-0.25, -0.2) is 8.42 Å². The smallest absolute Gasteiger partial charge is 0.338 e. The zero-order valence-corrected chi connectivity index (χ0v) is 14.5. The first-order chi connectivity index (χ1) is 11.6. The standard InChI is InChI=1S/C14H14ClF3N4O2S/c1-2-7-25(23,24)22-13-6-5-12(20-21-13)19-11-8-9(14(16,17)18)3-4-10(11)15/h3-6,8H,2,7H2,1H3,(H,19,20)(H,21,22). The molecular weight excluding hydrogens is 381 g/mol. The summed E-state index contributed by atoms with van der Waals surface area (Å²) in [6.07, 6.45) is -4.06. The molecular formula is C14H14ClF3N4O2S. The average Bonchev–Trinajstić information content (AvgIpc) is 2.50. The van der Waals surface area contributed by atoms with Crippen molar-refractivity contribution < 1.29 is 21.6 Å². The molecule has 0 saturated heterocycles. The minimum absolute atomic E-state index is 0.00473. The summed E-state index contributed by atoms with van der Waals surface area (Å²) in [4.78, 5) is 0. The highest BCUT2D eigenvalue weighted by atomic mass is 35.5. The second-order valence-electron chi connectivity index (χ2n) is 5.04. The van der Waals surface area contributed by atoms with Crippen molar-refractivity contribution in [3.05, 3.63) is 40.9 Å². The molecule has 6 nitrogen and oxygen atoms in total. The molecule has 2 N–H and O–H groups in total. The molecule has 0 atom stereocenters. The number of benzene rings is 1. The molecule has 1 heterocycles. The van der Waals surface area contributed by atoms with Crippen LogP contribution in [0.15, 0.2) is 30.3 Å². The van der Waals surface area contributed by atoms with Gasteiger partial charge >= 0.3 is 6.18 Å². The molecule has 2 rings (SSSR count). The Hall–Kier alpha value is -2.07. The van der Waals surface area contributed by atoms with Crippen molar-refractivity contribution in [2.24, 2.45) is 0 Å². The maximum Gasteiger partial charge on any atom is 0.416 e. The van der Waals surface area contributed by atoms with Crippen molar-refractivity contribution in [1.82, 2.24) is 10.2 Å². The van der Waals surface area contributed by atoms with Gasteiger partial charge in [0, 0.05) is 0 Å². The number of alkyl halides is 3. The Morgan fingerprint density at radius 3 is 2.32 bits per heavy atom. The lowest BCUT2D eigenvalue weighted by Gasteiger charge is -2.12. The summed E-state index contributed by atoms with van der Waals surface area (Å²) in [5.41, 5.74) is -0.860. The monoisotopic (exact) mass is 394 g/mol. The van der Waals surface area contributed by atoms with Gasteiger partial charge in [0.05, 0.1) is 22.0 Å². The number of aromatic nitrogens is 2. The fourth-order valence-corrected chi connectivity index (χ4v) is 3.10. The van der Waals surface area contributed by atoms with Gasteiger partial charge < -0.3 is 5.32 Å². The Morgan fingerprint density at radius 1 is 1.12 bits per heavy atom. The van der Waals surface area contributed by atoms with Crippen LogP contribution in [0.1, 0.15) is 18.9 Å². The molecule has 0 aliphatic heterocycles. The van der Waals surface area contributed by atoms with Gasteiger partial charge in [-0.3, -0.25) is 4.72 Å². The molecule has 25 heavy (non-hydrogen) atoms. The SMILES string of the molecule is CCCS(=O)(=O)Nc1ccc(Nc2cc(C(F)(F)F)ccc2Cl)nn1. The maximum atomic E-state index is 12.7. The van der Waals surface area contributed by atoms with Gasteiger partial charge in [-0.15, -0.1) is 10.2 Å². The molecule has 11 heteroatoms. The van der Waals surface area contributed by atoms with Crippen LogP contribution in [0.3, 0.4) is 0 Å². The molecule has 0 amide bonds. The van der Waals surface area contributed by atoms with Gasteiger partial charge in [0.2, 0.25) is 10.0 Å². The number of halogens is 4. The van der Waals surface area contributed by atoms with Crippen LogP contribution in [0.5, 0.6) is 0 Å². The molecule has 0 unspecified atom stereocenters. The van der Waals surface area contributed by atoms with Crippen LogP contribution in [0, 0.1) is 0 Å². The van der Waals surface area contributed by atoms with Gasteiger partial charge in [-0.1, -0.05) is 18.5 Å². The molecule has 0 radical (unpaired) electrons. The minimum Gasteiger partial charge on any atom is -0.338 e. The lowest BCUT2D eigenvalue weighted by atomic mass is 10.2. The summed E-state index contributed by atoms with van der Waals surface area (Å²) in [7, 11) is -3.50. The first kappa shape index (κ1) is 19.3. The molecule has 1 aromatic carbocycles. The Balaban J connectivity index is 2.17. The Labute approximate surface area is 147 Å². The third-order valence-electron chi connectivity index (χ3n) is 2.95. The normalized spacial score (nSPS) is 12.0. The van der Waals surface area contributed by atoms with E-state index < -0.39 is 21.8 Å². The van der Waals surface area contributed by atoms with Crippen LogP contribution < -0.4 is 10.0 Å². The van der Waals surface area contributed by atoms with Crippen LogP contribution in [0.25, 0.3) is 0 Å². The zero-order valence-electron chi connectivity index (χ0n) is 12.9. The highest BCUT2D eigenvalue weighted by Crippen LogP contribution is 2.34. The Morgan fingerprint density at radius 2 is 1.76 bits per heavy atom. The van der Waals surface area contributed by atoms with Crippen molar-refractivity contribution in [3.8, 4) is 0 Å². The minimum atomic E-state index is -4.51. The molecule has 1 aromatic heterocycles.